The average molecular weight is 326 g/mol. The van der Waals surface area contributed by atoms with Crippen molar-refractivity contribution < 1.29 is 9.18 Å². The van der Waals surface area contributed by atoms with E-state index in [4.69, 9.17) is 0 Å². The number of amides is 1. The van der Waals surface area contributed by atoms with Crippen molar-refractivity contribution in [2.45, 2.75) is 39.7 Å². The van der Waals surface area contributed by atoms with Crippen molar-refractivity contribution >= 4 is 17.3 Å². The zero-order chi connectivity index (χ0) is 17.3. The lowest BCUT2D eigenvalue weighted by atomic mass is 9.96. The second-order valence-electron chi connectivity index (χ2n) is 6.60. The van der Waals surface area contributed by atoms with E-state index in [1.807, 2.05) is 32.0 Å². The summed E-state index contributed by atoms with van der Waals surface area (Å²) in [7, 11) is 0. The Hall–Kier alpha value is -2.36. The number of aryl methyl sites for hydroxylation is 3. The molecule has 0 aliphatic carbocycles. The van der Waals surface area contributed by atoms with Gasteiger partial charge in [-0.25, -0.2) is 4.39 Å². The minimum absolute atomic E-state index is 0.0450. The van der Waals surface area contributed by atoms with Gasteiger partial charge in [-0.2, -0.15) is 0 Å². The van der Waals surface area contributed by atoms with E-state index in [-0.39, 0.29) is 24.3 Å². The van der Waals surface area contributed by atoms with E-state index in [1.165, 1.54) is 6.07 Å². The summed E-state index contributed by atoms with van der Waals surface area (Å²) in [5.74, 6) is -0.264. The number of nitrogens with zero attached hydrogens (tertiary/aromatic N) is 1. The third-order valence-electron chi connectivity index (χ3n) is 4.77. The summed E-state index contributed by atoms with van der Waals surface area (Å²) < 4.78 is 13.5. The fourth-order valence-electron chi connectivity index (χ4n) is 3.38. The molecular formula is C20H23FN2O. The molecule has 24 heavy (non-hydrogen) atoms. The zero-order valence-electron chi connectivity index (χ0n) is 14.4. The van der Waals surface area contributed by atoms with E-state index in [9.17, 15) is 9.18 Å². The Morgan fingerprint density at radius 1 is 1.25 bits per heavy atom. The summed E-state index contributed by atoms with van der Waals surface area (Å²) in [6.07, 6.45) is 1.77. The summed E-state index contributed by atoms with van der Waals surface area (Å²) in [5.41, 5.74) is 4.93. The smallest absolute Gasteiger partial charge is 0.243 e. The van der Waals surface area contributed by atoms with Gasteiger partial charge in [0.15, 0.2) is 0 Å². The standard InChI is InChI=1S/C20H23FN2O/c1-13-5-4-6-14(2)20(13)22-19(24)12-23-15(3)7-8-16-11-17(21)9-10-18(16)23/h4-6,9-11,15H,7-8,12H2,1-3H3,(H,22,24). The van der Waals surface area contributed by atoms with Gasteiger partial charge in [0.05, 0.1) is 6.54 Å². The number of rotatable bonds is 3. The maximum Gasteiger partial charge on any atom is 0.243 e. The Balaban J connectivity index is 1.79. The van der Waals surface area contributed by atoms with Gasteiger partial charge in [-0.15, -0.1) is 0 Å². The molecule has 1 amide bonds. The molecule has 1 N–H and O–H groups in total. The van der Waals surface area contributed by atoms with Crippen LogP contribution < -0.4 is 10.2 Å². The molecule has 1 aliphatic heterocycles. The highest BCUT2D eigenvalue weighted by Gasteiger charge is 2.25. The second-order valence-corrected chi connectivity index (χ2v) is 6.60. The Bertz CT molecular complexity index is 752. The molecule has 0 bridgehead atoms. The lowest BCUT2D eigenvalue weighted by molar-refractivity contribution is -0.115. The van der Waals surface area contributed by atoms with Crippen LogP contribution in [0.3, 0.4) is 0 Å². The van der Waals surface area contributed by atoms with Gasteiger partial charge in [-0.3, -0.25) is 4.79 Å². The molecule has 1 atom stereocenters. The summed E-state index contributed by atoms with van der Waals surface area (Å²) >= 11 is 0. The SMILES string of the molecule is Cc1cccc(C)c1NC(=O)CN1c2ccc(F)cc2CCC1C. The molecule has 3 nitrogen and oxygen atoms in total. The average Bonchev–Trinajstić information content (AvgIpc) is 2.54. The number of carbonyl (C=O) groups is 1. The number of hydrogen-bond donors (Lipinski definition) is 1. The normalized spacial score (nSPS) is 16.7. The minimum atomic E-state index is -0.219. The van der Waals surface area contributed by atoms with Crippen LogP contribution in [0.25, 0.3) is 0 Å². The van der Waals surface area contributed by atoms with Crippen LogP contribution in [0.2, 0.25) is 0 Å². The topological polar surface area (TPSA) is 32.3 Å². The highest BCUT2D eigenvalue weighted by Crippen LogP contribution is 2.31. The van der Waals surface area contributed by atoms with Gasteiger partial charge >= 0.3 is 0 Å². The Kier molecular flexibility index (Phi) is 4.56. The van der Waals surface area contributed by atoms with Crippen LogP contribution >= 0.6 is 0 Å². The molecule has 4 heteroatoms. The van der Waals surface area contributed by atoms with Gasteiger partial charge in [-0.1, -0.05) is 18.2 Å². The lowest BCUT2D eigenvalue weighted by Gasteiger charge is -2.36. The van der Waals surface area contributed by atoms with Crippen LogP contribution in [0, 0.1) is 19.7 Å². The molecule has 0 aromatic heterocycles. The summed E-state index contributed by atoms with van der Waals surface area (Å²) in [5, 5.41) is 3.03. The number of para-hydroxylation sites is 1. The van der Waals surface area contributed by atoms with Crippen molar-refractivity contribution in [1.29, 1.82) is 0 Å². The van der Waals surface area contributed by atoms with Crippen LogP contribution in [0.15, 0.2) is 36.4 Å². The first-order valence-corrected chi connectivity index (χ1v) is 8.37. The highest BCUT2D eigenvalue weighted by molar-refractivity contribution is 5.95. The molecule has 0 saturated heterocycles. The molecule has 1 heterocycles. The molecule has 1 unspecified atom stereocenters. The predicted octanol–water partition coefficient (Wildman–Crippen LogP) is 4.22. The van der Waals surface area contributed by atoms with E-state index in [0.717, 1.165) is 40.9 Å². The van der Waals surface area contributed by atoms with E-state index >= 15 is 0 Å². The van der Waals surface area contributed by atoms with Crippen molar-refractivity contribution in [3.05, 3.63) is 58.9 Å². The summed E-state index contributed by atoms with van der Waals surface area (Å²) in [6.45, 7) is 6.36. The molecule has 0 fully saturated rings. The first-order valence-electron chi connectivity index (χ1n) is 8.37. The third-order valence-corrected chi connectivity index (χ3v) is 4.77. The van der Waals surface area contributed by atoms with Crippen LogP contribution in [0.5, 0.6) is 0 Å². The van der Waals surface area contributed by atoms with Crippen LogP contribution in [-0.2, 0) is 11.2 Å². The fourth-order valence-corrected chi connectivity index (χ4v) is 3.38. The molecule has 2 aromatic carbocycles. The Morgan fingerprint density at radius 3 is 2.67 bits per heavy atom. The van der Waals surface area contributed by atoms with Crippen molar-refractivity contribution in [2.75, 3.05) is 16.8 Å². The molecule has 0 spiro atoms. The van der Waals surface area contributed by atoms with Crippen LogP contribution in [-0.4, -0.2) is 18.5 Å². The molecule has 0 radical (unpaired) electrons. The van der Waals surface area contributed by atoms with Crippen molar-refractivity contribution in [3.8, 4) is 0 Å². The largest absolute Gasteiger partial charge is 0.359 e. The van der Waals surface area contributed by atoms with Gasteiger partial charge < -0.3 is 10.2 Å². The quantitative estimate of drug-likeness (QED) is 0.916. The number of anilines is 2. The van der Waals surface area contributed by atoms with Crippen molar-refractivity contribution in [1.82, 2.24) is 0 Å². The lowest BCUT2D eigenvalue weighted by Crippen LogP contribution is -2.42. The zero-order valence-corrected chi connectivity index (χ0v) is 14.4. The summed E-state index contributed by atoms with van der Waals surface area (Å²) in [4.78, 5) is 14.7. The first-order chi connectivity index (χ1) is 11.5. The van der Waals surface area contributed by atoms with Gasteiger partial charge in [0.2, 0.25) is 5.91 Å². The molecule has 126 valence electrons. The van der Waals surface area contributed by atoms with E-state index in [0.29, 0.717) is 0 Å². The first kappa shape index (κ1) is 16.5. The van der Waals surface area contributed by atoms with E-state index in [2.05, 4.69) is 17.1 Å². The fraction of sp³-hybridized carbons (Fsp3) is 0.350. The predicted molar refractivity (Wildman–Crippen MR) is 96.1 cm³/mol. The maximum atomic E-state index is 13.5. The maximum absolute atomic E-state index is 13.5. The van der Waals surface area contributed by atoms with Crippen LogP contribution in [0.1, 0.15) is 30.0 Å². The van der Waals surface area contributed by atoms with Gasteiger partial charge in [0.25, 0.3) is 0 Å². The van der Waals surface area contributed by atoms with Gasteiger partial charge in [-0.05, 0) is 68.5 Å². The van der Waals surface area contributed by atoms with E-state index < -0.39 is 0 Å². The van der Waals surface area contributed by atoms with Gasteiger partial charge in [0, 0.05) is 17.4 Å². The number of nitrogens with one attached hydrogen (secondary N) is 1. The van der Waals surface area contributed by atoms with Crippen LogP contribution in [0.4, 0.5) is 15.8 Å². The molecule has 3 rings (SSSR count). The number of fused-ring (bicyclic) bond motifs is 1. The molecular weight excluding hydrogens is 303 g/mol. The Morgan fingerprint density at radius 2 is 1.96 bits per heavy atom. The minimum Gasteiger partial charge on any atom is -0.359 e. The number of hydrogen-bond acceptors (Lipinski definition) is 2. The summed E-state index contributed by atoms with van der Waals surface area (Å²) in [6, 6.07) is 11.1. The van der Waals surface area contributed by atoms with E-state index in [1.54, 1.807) is 12.1 Å². The second kappa shape index (κ2) is 6.63. The molecule has 0 saturated carbocycles. The van der Waals surface area contributed by atoms with Crippen molar-refractivity contribution in [3.63, 3.8) is 0 Å². The van der Waals surface area contributed by atoms with Gasteiger partial charge in [0.1, 0.15) is 5.82 Å². The Labute approximate surface area is 142 Å². The van der Waals surface area contributed by atoms with Crippen molar-refractivity contribution in [2.24, 2.45) is 0 Å². The molecule has 2 aromatic rings. The number of carbonyl (C=O) groups excluding carboxylic acids is 1. The number of benzene rings is 2. The third kappa shape index (κ3) is 3.28. The number of halogens is 1. The molecule has 1 aliphatic rings. The monoisotopic (exact) mass is 326 g/mol. The highest BCUT2D eigenvalue weighted by atomic mass is 19.1.